The van der Waals surface area contributed by atoms with Gasteiger partial charge < -0.3 is 4.57 Å². The number of pyridine rings is 1. The van der Waals surface area contributed by atoms with Gasteiger partial charge in [-0.2, -0.15) is 0 Å². The normalized spacial score (nSPS) is 11.8. The number of hydrogen-bond acceptors (Lipinski definition) is 5. The molecule has 0 radical (unpaired) electrons. The molecule has 0 aliphatic rings. The quantitative estimate of drug-likeness (QED) is 0.302. The number of imidazole rings is 1. The smallest absolute Gasteiger partial charge is 0.175 e. The average molecular weight is 482 g/mol. The lowest BCUT2D eigenvalue weighted by atomic mass is 10.0. The zero-order valence-electron chi connectivity index (χ0n) is 18.6. The molecule has 0 aliphatic carbocycles. The molecule has 2 aromatic carbocycles. The Balaban J connectivity index is 1.66. The van der Waals surface area contributed by atoms with Crippen LogP contribution in [0.4, 0.5) is 4.39 Å². The van der Waals surface area contributed by atoms with E-state index in [1.807, 2.05) is 30.5 Å². The van der Waals surface area contributed by atoms with Crippen molar-refractivity contribution in [2.24, 2.45) is 0 Å². The van der Waals surface area contributed by atoms with Crippen molar-refractivity contribution in [3.05, 3.63) is 84.6 Å². The Morgan fingerprint density at radius 3 is 2.27 bits per heavy atom. The Hall–Kier alpha value is -2.97. The maximum atomic E-state index is 13.3. The maximum Gasteiger partial charge on any atom is 0.175 e. The highest BCUT2D eigenvalue weighted by Crippen LogP contribution is 2.33. The largest absolute Gasteiger partial charge is 0.316 e. The van der Waals surface area contributed by atoms with Crippen molar-refractivity contribution >= 4 is 21.6 Å². The summed E-state index contributed by atoms with van der Waals surface area (Å²) in [5, 5.41) is 0.818. The van der Waals surface area contributed by atoms with Crippen LogP contribution in [0.1, 0.15) is 25.5 Å². The van der Waals surface area contributed by atoms with Gasteiger partial charge in [-0.25, -0.2) is 17.8 Å². The molecule has 0 unspecified atom stereocenters. The lowest BCUT2D eigenvalue weighted by Gasteiger charge is -2.16. The molecule has 0 bridgehead atoms. The molecule has 8 heteroatoms. The number of sulfone groups is 1. The third-order valence-corrected chi connectivity index (χ3v) is 7.45. The van der Waals surface area contributed by atoms with Crippen LogP contribution < -0.4 is 0 Å². The monoisotopic (exact) mass is 481 g/mol. The van der Waals surface area contributed by atoms with Crippen LogP contribution in [0.25, 0.3) is 22.4 Å². The molecular formula is C25H24FN3O2S2. The number of aromatic nitrogens is 3. The van der Waals surface area contributed by atoms with E-state index >= 15 is 0 Å². The molecule has 170 valence electrons. The highest BCUT2D eigenvalue weighted by Gasteiger charge is 2.18. The maximum absolute atomic E-state index is 13.3. The predicted molar refractivity (Wildman–Crippen MR) is 130 cm³/mol. The molecule has 0 fully saturated rings. The molecule has 0 spiro atoms. The second-order valence-corrected chi connectivity index (χ2v) is 10.9. The predicted octanol–water partition coefficient (Wildman–Crippen LogP) is 6.03. The Morgan fingerprint density at radius 1 is 0.970 bits per heavy atom. The van der Waals surface area contributed by atoms with Gasteiger partial charge in [0.25, 0.3) is 0 Å². The van der Waals surface area contributed by atoms with E-state index in [1.165, 1.54) is 30.2 Å². The van der Waals surface area contributed by atoms with Crippen molar-refractivity contribution in [3.63, 3.8) is 0 Å². The van der Waals surface area contributed by atoms with Gasteiger partial charge in [-0.15, -0.1) is 0 Å². The third kappa shape index (κ3) is 5.17. The molecule has 4 rings (SSSR count). The number of rotatable bonds is 7. The third-order valence-electron chi connectivity index (χ3n) is 5.26. The summed E-state index contributed by atoms with van der Waals surface area (Å²) in [7, 11) is -3.46. The Bertz CT molecular complexity index is 1370. The zero-order valence-corrected chi connectivity index (χ0v) is 20.2. The molecular weight excluding hydrogens is 457 g/mol. The fourth-order valence-corrected chi connectivity index (χ4v) is 5.83. The van der Waals surface area contributed by atoms with Gasteiger partial charge in [0.1, 0.15) is 5.82 Å². The van der Waals surface area contributed by atoms with Crippen molar-refractivity contribution in [2.75, 3.05) is 6.26 Å². The number of hydrogen-bond donors (Lipinski definition) is 0. The SMILES string of the molecule is CC(C)n1c(-c2ccncc2)cnc1SCc1ccc(-c2ccc(F)cc2)cc1S(C)(=O)=O. The van der Waals surface area contributed by atoms with Gasteiger partial charge in [0.2, 0.25) is 0 Å². The second kappa shape index (κ2) is 9.49. The van der Waals surface area contributed by atoms with E-state index in [4.69, 9.17) is 0 Å². The number of benzene rings is 2. The molecule has 0 amide bonds. The minimum atomic E-state index is -3.46. The van der Waals surface area contributed by atoms with Gasteiger partial charge in [-0.05, 0) is 60.9 Å². The molecule has 5 nitrogen and oxygen atoms in total. The van der Waals surface area contributed by atoms with Crippen LogP contribution in [0, 0.1) is 5.82 Å². The van der Waals surface area contributed by atoms with Gasteiger partial charge in [-0.1, -0.05) is 36.0 Å². The lowest BCUT2D eigenvalue weighted by molar-refractivity contribution is 0.555. The lowest BCUT2D eigenvalue weighted by Crippen LogP contribution is -2.06. The Kier molecular flexibility index (Phi) is 6.67. The summed E-state index contributed by atoms with van der Waals surface area (Å²) in [5.74, 6) is 0.118. The molecule has 2 heterocycles. The first-order chi connectivity index (χ1) is 15.7. The highest BCUT2D eigenvalue weighted by atomic mass is 32.2. The Labute approximate surface area is 197 Å². The number of nitrogens with zero attached hydrogens (tertiary/aromatic N) is 3. The van der Waals surface area contributed by atoms with E-state index in [2.05, 4.69) is 28.4 Å². The first-order valence-electron chi connectivity index (χ1n) is 10.4. The molecule has 33 heavy (non-hydrogen) atoms. The zero-order chi connectivity index (χ0) is 23.6. The highest BCUT2D eigenvalue weighted by molar-refractivity contribution is 7.98. The molecule has 0 saturated carbocycles. The van der Waals surface area contributed by atoms with Crippen LogP contribution in [0.5, 0.6) is 0 Å². The van der Waals surface area contributed by atoms with E-state index in [0.717, 1.165) is 27.5 Å². The van der Waals surface area contributed by atoms with Gasteiger partial charge in [-0.3, -0.25) is 4.98 Å². The van der Waals surface area contributed by atoms with Crippen LogP contribution >= 0.6 is 11.8 Å². The Morgan fingerprint density at radius 2 is 1.64 bits per heavy atom. The van der Waals surface area contributed by atoms with Crippen LogP contribution in [0.15, 0.2) is 83.2 Å². The van der Waals surface area contributed by atoms with Crippen LogP contribution in [-0.4, -0.2) is 29.2 Å². The number of thioether (sulfide) groups is 1. The summed E-state index contributed by atoms with van der Waals surface area (Å²) in [6.07, 6.45) is 6.55. The summed E-state index contributed by atoms with van der Waals surface area (Å²) >= 11 is 1.50. The average Bonchev–Trinajstić information content (AvgIpc) is 3.22. The fraction of sp³-hybridized carbons (Fsp3) is 0.200. The van der Waals surface area contributed by atoms with Crippen molar-refractivity contribution in [2.45, 2.75) is 35.7 Å². The van der Waals surface area contributed by atoms with Crippen molar-refractivity contribution in [1.82, 2.24) is 14.5 Å². The van der Waals surface area contributed by atoms with E-state index in [0.29, 0.717) is 11.3 Å². The van der Waals surface area contributed by atoms with Gasteiger partial charge in [0, 0.05) is 36.0 Å². The van der Waals surface area contributed by atoms with Gasteiger partial charge in [0.15, 0.2) is 15.0 Å². The standard InChI is InChI=1S/C25H24FN3O2S2/c1-17(2)29-23(19-10-12-27-13-11-19)15-28-25(29)32-16-21-5-4-20(14-24(21)33(3,30)31)18-6-8-22(26)9-7-18/h4-15,17H,16H2,1-3H3. The molecule has 0 atom stereocenters. The van der Waals surface area contributed by atoms with Gasteiger partial charge >= 0.3 is 0 Å². The minimum Gasteiger partial charge on any atom is -0.316 e. The fourth-order valence-electron chi connectivity index (χ4n) is 3.67. The summed E-state index contributed by atoms with van der Waals surface area (Å²) < 4.78 is 40.6. The van der Waals surface area contributed by atoms with Crippen LogP contribution in [0.3, 0.4) is 0 Å². The topological polar surface area (TPSA) is 64.8 Å². The van der Waals surface area contributed by atoms with Gasteiger partial charge in [0.05, 0.1) is 16.8 Å². The second-order valence-electron chi connectivity index (χ2n) is 8.02. The van der Waals surface area contributed by atoms with Crippen molar-refractivity contribution < 1.29 is 12.8 Å². The summed E-state index contributed by atoms with van der Waals surface area (Å²) in [4.78, 5) is 8.97. The van der Waals surface area contributed by atoms with Crippen LogP contribution in [-0.2, 0) is 15.6 Å². The summed E-state index contributed by atoms with van der Waals surface area (Å²) in [5.41, 5.74) is 4.21. The van der Waals surface area contributed by atoms with E-state index < -0.39 is 9.84 Å². The molecule has 0 saturated heterocycles. The number of halogens is 1. The van der Waals surface area contributed by atoms with E-state index in [-0.39, 0.29) is 16.8 Å². The summed E-state index contributed by atoms with van der Waals surface area (Å²) in [6, 6.07) is 15.4. The first-order valence-corrected chi connectivity index (χ1v) is 13.3. The molecule has 4 aromatic rings. The van der Waals surface area contributed by atoms with E-state index in [1.54, 1.807) is 30.6 Å². The molecule has 2 aromatic heterocycles. The molecule has 0 aliphatic heterocycles. The molecule has 0 N–H and O–H groups in total. The first kappa shape index (κ1) is 23.2. The van der Waals surface area contributed by atoms with Crippen molar-refractivity contribution in [3.8, 4) is 22.4 Å². The summed E-state index contributed by atoms with van der Waals surface area (Å²) in [6.45, 7) is 4.19. The van der Waals surface area contributed by atoms with E-state index in [9.17, 15) is 12.8 Å². The van der Waals surface area contributed by atoms with Crippen molar-refractivity contribution in [1.29, 1.82) is 0 Å². The van der Waals surface area contributed by atoms with Crippen LogP contribution in [0.2, 0.25) is 0 Å². The minimum absolute atomic E-state index is 0.174.